The zero-order valence-corrected chi connectivity index (χ0v) is 17.3. The van der Waals surface area contributed by atoms with Gasteiger partial charge in [0.1, 0.15) is 11.8 Å². The molecule has 0 aliphatic rings. The molecule has 1 amide bonds. The van der Waals surface area contributed by atoms with Crippen LogP contribution in [-0.4, -0.2) is 40.5 Å². The number of ether oxygens (including phenoxy) is 1. The monoisotopic (exact) mass is 404 g/mol. The zero-order valence-electron chi connectivity index (χ0n) is 17.3. The molecule has 1 unspecified atom stereocenters. The molecule has 2 N–H and O–H groups in total. The van der Waals surface area contributed by atoms with Crippen LogP contribution in [0.25, 0.3) is 0 Å². The zero-order chi connectivity index (χ0) is 21.2. The summed E-state index contributed by atoms with van der Waals surface area (Å²) in [5, 5.41) is 0. The molecule has 30 heavy (non-hydrogen) atoms. The Balaban J connectivity index is 1.83. The van der Waals surface area contributed by atoms with Gasteiger partial charge in [-0.25, -0.2) is 0 Å². The summed E-state index contributed by atoms with van der Waals surface area (Å²) in [6.45, 7) is 3.88. The summed E-state index contributed by atoms with van der Waals surface area (Å²) in [5.74, 6) is 0.368. The SMILES string of the molecule is CCOc1cccc(C(C(N)=O)N(CCc2ccncc2)CCc2cccnc2)c1. The number of rotatable bonds is 11. The van der Waals surface area contributed by atoms with Crippen molar-refractivity contribution in [3.8, 4) is 5.75 Å². The predicted octanol–water partition coefficient (Wildman–Crippen LogP) is 3.19. The molecule has 6 nitrogen and oxygen atoms in total. The molecule has 0 radical (unpaired) electrons. The standard InChI is InChI=1S/C24H28N4O2/c1-2-30-22-7-3-6-21(17-22)23(24(25)29)28(15-10-19-8-13-26-14-9-19)16-11-20-5-4-12-27-18-20/h3-9,12-14,17-18,23H,2,10-11,15-16H2,1H3,(H2,25,29). The summed E-state index contributed by atoms with van der Waals surface area (Å²) >= 11 is 0. The van der Waals surface area contributed by atoms with Crippen molar-refractivity contribution in [3.05, 3.63) is 90.0 Å². The summed E-state index contributed by atoms with van der Waals surface area (Å²) < 4.78 is 5.63. The van der Waals surface area contributed by atoms with Gasteiger partial charge in [0, 0.05) is 37.9 Å². The first-order chi connectivity index (χ1) is 14.7. The quantitative estimate of drug-likeness (QED) is 0.531. The lowest BCUT2D eigenvalue weighted by atomic mass is 10.0. The molecule has 0 spiro atoms. The molecule has 1 atom stereocenters. The maximum atomic E-state index is 12.6. The van der Waals surface area contributed by atoms with Crippen LogP contribution >= 0.6 is 0 Å². The summed E-state index contributed by atoms with van der Waals surface area (Å²) in [6, 6.07) is 15.0. The van der Waals surface area contributed by atoms with Crippen LogP contribution in [-0.2, 0) is 17.6 Å². The van der Waals surface area contributed by atoms with Crippen LogP contribution in [0.4, 0.5) is 0 Å². The Morgan fingerprint density at radius 1 is 1.00 bits per heavy atom. The van der Waals surface area contributed by atoms with E-state index in [1.54, 1.807) is 18.6 Å². The largest absolute Gasteiger partial charge is 0.494 e. The second kappa shape index (κ2) is 11.1. The van der Waals surface area contributed by atoms with E-state index in [4.69, 9.17) is 10.5 Å². The van der Waals surface area contributed by atoms with Gasteiger partial charge in [0.25, 0.3) is 0 Å². The third-order valence-corrected chi connectivity index (χ3v) is 4.97. The summed E-state index contributed by atoms with van der Waals surface area (Å²) in [4.78, 5) is 23.0. The number of nitrogens with two attached hydrogens (primary N) is 1. The van der Waals surface area contributed by atoms with Crippen molar-refractivity contribution in [3.63, 3.8) is 0 Å². The van der Waals surface area contributed by atoms with E-state index in [0.29, 0.717) is 19.7 Å². The highest BCUT2D eigenvalue weighted by Crippen LogP contribution is 2.25. The number of primary amides is 1. The molecule has 2 heterocycles. The van der Waals surface area contributed by atoms with Crippen LogP contribution in [0.15, 0.2) is 73.3 Å². The van der Waals surface area contributed by atoms with Crippen LogP contribution in [0.3, 0.4) is 0 Å². The van der Waals surface area contributed by atoms with Crippen LogP contribution in [0, 0.1) is 0 Å². The lowest BCUT2D eigenvalue weighted by Crippen LogP contribution is -2.40. The predicted molar refractivity (Wildman–Crippen MR) is 117 cm³/mol. The molecule has 0 aliphatic carbocycles. The molecule has 0 fully saturated rings. The molecule has 1 aromatic carbocycles. The van der Waals surface area contributed by atoms with Gasteiger partial charge in [-0.3, -0.25) is 19.7 Å². The fourth-order valence-corrected chi connectivity index (χ4v) is 3.51. The smallest absolute Gasteiger partial charge is 0.239 e. The van der Waals surface area contributed by atoms with Crippen molar-refractivity contribution in [1.29, 1.82) is 0 Å². The van der Waals surface area contributed by atoms with Gasteiger partial charge in [0.2, 0.25) is 5.91 Å². The van der Waals surface area contributed by atoms with Gasteiger partial charge in [-0.05, 0) is 66.8 Å². The van der Waals surface area contributed by atoms with Gasteiger partial charge >= 0.3 is 0 Å². The Labute approximate surface area is 177 Å². The molecule has 156 valence electrons. The number of amides is 1. The summed E-state index contributed by atoms with van der Waals surface area (Å²) in [5.41, 5.74) is 9.02. The first kappa shape index (κ1) is 21.5. The van der Waals surface area contributed by atoms with Crippen LogP contribution in [0.1, 0.15) is 29.7 Å². The molecule has 3 aromatic rings. The van der Waals surface area contributed by atoms with Gasteiger partial charge in [0.05, 0.1) is 6.61 Å². The lowest BCUT2D eigenvalue weighted by Gasteiger charge is -2.30. The molecular formula is C24H28N4O2. The average molecular weight is 405 g/mol. The Bertz CT molecular complexity index is 875. The highest BCUT2D eigenvalue weighted by Gasteiger charge is 2.26. The number of carbonyl (C=O) groups is 1. The molecular weight excluding hydrogens is 376 g/mol. The average Bonchev–Trinajstić information content (AvgIpc) is 2.77. The van der Waals surface area contributed by atoms with E-state index in [1.807, 2.05) is 61.7 Å². The number of hydrogen-bond acceptors (Lipinski definition) is 5. The lowest BCUT2D eigenvalue weighted by molar-refractivity contribution is -0.123. The Morgan fingerprint density at radius 2 is 1.77 bits per heavy atom. The minimum Gasteiger partial charge on any atom is -0.494 e. The molecule has 0 aliphatic heterocycles. The molecule has 0 saturated carbocycles. The molecule has 2 aromatic heterocycles. The van der Waals surface area contributed by atoms with E-state index in [9.17, 15) is 4.79 Å². The van der Waals surface area contributed by atoms with Gasteiger partial charge in [-0.15, -0.1) is 0 Å². The maximum absolute atomic E-state index is 12.6. The fraction of sp³-hybridized carbons (Fsp3) is 0.292. The first-order valence-corrected chi connectivity index (χ1v) is 10.2. The Morgan fingerprint density at radius 3 is 2.43 bits per heavy atom. The number of benzene rings is 1. The van der Waals surface area contributed by atoms with Crippen molar-refractivity contribution < 1.29 is 9.53 Å². The second-order valence-corrected chi connectivity index (χ2v) is 7.06. The van der Waals surface area contributed by atoms with E-state index >= 15 is 0 Å². The van der Waals surface area contributed by atoms with Crippen molar-refractivity contribution in [2.75, 3.05) is 19.7 Å². The third-order valence-electron chi connectivity index (χ3n) is 4.97. The molecule has 6 heteroatoms. The maximum Gasteiger partial charge on any atom is 0.239 e. The Kier molecular flexibility index (Phi) is 7.92. The second-order valence-electron chi connectivity index (χ2n) is 7.06. The Hall–Kier alpha value is -3.25. The van der Waals surface area contributed by atoms with E-state index in [1.165, 1.54) is 5.56 Å². The topological polar surface area (TPSA) is 81.3 Å². The van der Waals surface area contributed by atoms with Crippen molar-refractivity contribution in [2.24, 2.45) is 5.73 Å². The minimum atomic E-state index is -0.538. The van der Waals surface area contributed by atoms with E-state index < -0.39 is 6.04 Å². The highest BCUT2D eigenvalue weighted by atomic mass is 16.5. The third kappa shape index (κ3) is 6.12. The van der Waals surface area contributed by atoms with Gasteiger partial charge < -0.3 is 10.5 Å². The van der Waals surface area contributed by atoms with Gasteiger partial charge in [-0.1, -0.05) is 18.2 Å². The molecule has 0 saturated heterocycles. The molecule has 0 bridgehead atoms. The summed E-state index contributed by atoms with van der Waals surface area (Å²) in [6.07, 6.45) is 8.76. The fourth-order valence-electron chi connectivity index (χ4n) is 3.51. The number of aromatic nitrogens is 2. The first-order valence-electron chi connectivity index (χ1n) is 10.2. The normalized spacial score (nSPS) is 11.9. The minimum absolute atomic E-state index is 0.371. The molecule has 3 rings (SSSR count). The van der Waals surface area contributed by atoms with E-state index in [-0.39, 0.29) is 5.91 Å². The van der Waals surface area contributed by atoms with Crippen LogP contribution in [0.5, 0.6) is 5.75 Å². The number of carbonyl (C=O) groups excluding carboxylic acids is 1. The van der Waals surface area contributed by atoms with E-state index in [2.05, 4.69) is 14.9 Å². The van der Waals surface area contributed by atoms with E-state index in [0.717, 1.165) is 29.7 Å². The number of pyridine rings is 2. The van der Waals surface area contributed by atoms with Crippen molar-refractivity contribution in [2.45, 2.75) is 25.8 Å². The van der Waals surface area contributed by atoms with Crippen molar-refractivity contribution in [1.82, 2.24) is 14.9 Å². The summed E-state index contributed by atoms with van der Waals surface area (Å²) in [7, 11) is 0. The van der Waals surface area contributed by atoms with Crippen molar-refractivity contribution >= 4 is 5.91 Å². The van der Waals surface area contributed by atoms with Gasteiger partial charge in [-0.2, -0.15) is 0 Å². The highest BCUT2D eigenvalue weighted by molar-refractivity contribution is 5.81. The van der Waals surface area contributed by atoms with Crippen LogP contribution in [0.2, 0.25) is 0 Å². The van der Waals surface area contributed by atoms with Gasteiger partial charge in [0.15, 0.2) is 0 Å². The van der Waals surface area contributed by atoms with Crippen LogP contribution < -0.4 is 10.5 Å². The number of hydrogen-bond donors (Lipinski definition) is 1. The number of nitrogens with zero attached hydrogens (tertiary/aromatic N) is 3.